The zero-order chi connectivity index (χ0) is 14.8. The first-order valence-electron chi connectivity index (χ1n) is 6.54. The van der Waals surface area contributed by atoms with Gasteiger partial charge < -0.3 is 9.84 Å². The zero-order valence-corrected chi connectivity index (χ0v) is 13.3. The molecule has 1 unspecified atom stereocenters. The molecule has 108 valence electrons. The molecule has 5 heteroatoms. The van der Waals surface area contributed by atoms with Crippen LogP contribution < -0.4 is 0 Å². The quantitative estimate of drug-likeness (QED) is 0.894. The Morgan fingerprint density at radius 3 is 2.21 bits per heavy atom. The van der Waals surface area contributed by atoms with Crippen LogP contribution in [-0.4, -0.2) is 22.7 Å². The van der Waals surface area contributed by atoms with Gasteiger partial charge in [-0.15, -0.1) is 11.3 Å². The molecule has 1 atom stereocenters. The number of nitrogens with zero attached hydrogens (tertiary/aromatic N) is 1. The predicted molar refractivity (Wildman–Crippen MR) is 77.0 cm³/mol. The van der Waals surface area contributed by atoms with Gasteiger partial charge in [0.2, 0.25) is 0 Å². The highest BCUT2D eigenvalue weighted by Crippen LogP contribution is 2.37. The van der Waals surface area contributed by atoms with Crippen LogP contribution in [0.2, 0.25) is 0 Å². The minimum Gasteiger partial charge on any atom is -0.477 e. The lowest BCUT2D eigenvalue weighted by atomic mass is 9.91. The first-order chi connectivity index (χ1) is 8.65. The summed E-state index contributed by atoms with van der Waals surface area (Å²) in [6.45, 7) is 12.4. The number of carboxylic acids is 1. The van der Waals surface area contributed by atoms with E-state index in [4.69, 9.17) is 4.74 Å². The molecule has 19 heavy (non-hydrogen) atoms. The molecule has 0 aliphatic heterocycles. The Bertz CT molecular complexity index is 462. The van der Waals surface area contributed by atoms with Crippen molar-refractivity contribution < 1.29 is 14.6 Å². The Balaban J connectivity index is 3.36. The van der Waals surface area contributed by atoms with Crippen molar-refractivity contribution in [1.29, 1.82) is 0 Å². The first kappa shape index (κ1) is 16.1. The SMILES string of the molecule is CCOC(C)(CC)c1nc(C(C)(C)C)c(C(=O)O)s1. The largest absolute Gasteiger partial charge is 0.477 e. The third-order valence-corrected chi connectivity index (χ3v) is 4.41. The van der Waals surface area contributed by atoms with E-state index in [1.54, 1.807) is 0 Å². The van der Waals surface area contributed by atoms with E-state index in [1.807, 2.05) is 41.5 Å². The highest BCUT2D eigenvalue weighted by atomic mass is 32.1. The van der Waals surface area contributed by atoms with Gasteiger partial charge in [0, 0.05) is 12.0 Å². The molecule has 4 nitrogen and oxygen atoms in total. The van der Waals surface area contributed by atoms with E-state index in [9.17, 15) is 9.90 Å². The van der Waals surface area contributed by atoms with E-state index < -0.39 is 11.6 Å². The maximum absolute atomic E-state index is 11.4. The summed E-state index contributed by atoms with van der Waals surface area (Å²) in [5, 5.41) is 10.1. The fourth-order valence-electron chi connectivity index (χ4n) is 1.83. The third kappa shape index (κ3) is 3.34. The smallest absolute Gasteiger partial charge is 0.347 e. The normalized spacial score (nSPS) is 15.3. The van der Waals surface area contributed by atoms with Crippen molar-refractivity contribution in [3.63, 3.8) is 0 Å². The average molecular weight is 285 g/mol. The second-order valence-electron chi connectivity index (χ2n) is 5.77. The van der Waals surface area contributed by atoms with Crippen LogP contribution in [0.15, 0.2) is 0 Å². The van der Waals surface area contributed by atoms with Crippen LogP contribution in [0, 0.1) is 0 Å². The van der Waals surface area contributed by atoms with Gasteiger partial charge in [-0.3, -0.25) is 0 Å². The molecular weight excluding hydrogens is 262 g/mol. The van der Waals surface area contributed by atoms with Crippen LogP contribution >= 0.6 is 11.3 Å². The molecule has 0 radical (unpaired) electrons. The Kier molecular flexibility index (Phi) is 4.74. The summed E-state index contributed by atoms with van der Waals surface area (Å²) < 4.78 is 5.78. The molecule has 0 fully saturated rings. The lowest BCUT2D eigenvalue weighted by Gasteiger charge is -2.25. The number of aromatic carboxylic acids is 1. The molecule has 1 N–H and O–H groups in total. The van der Waals surface area contributed by atoms with Crippen LogP contribution in [-0.2, 0) is 15.8 Å². The number of thiazole rings is 1. The number of carbonyl (C=O) groups is 1. The topological polar surface area (TPSA) is 59.4 Å². The second kappa shape index (κ2) is 5.59. The van der Waals surface area contributed by atoms with Crippen molar-refractivity contribution in [3.05, 3.63) is 15.6 Å². The molecule has 1 heterocycles. The summed E-state index contributed by atoms with van der Waals surface area (Å²) >= 11 is 1.23. The molecule has 1 aromatic heterocycles. The van der Waals surface area contributed by atoms with E-state index in [0.717, 1.165) is 11.4 Å². The summed E-state index contributed by atoms with van der Waals surface area (Å²) in [5.41, 5.74) is -0.157. The monoisotopic (exact) mass is 285 g/mol. The summed E-state index contributed by atoms with van der Waals surface area (Å²) in [5.74, 6) is -0.913. The Labute approximate surface area is 118 Å². The van der Waals surface area contributed by atoms with Crippen molar-refractivity contribution in [2.75, 3.05) is 6.61 Å². The highest BCUT2D eigenvalue weighted by molar-refractivity contribution is 7.13. The van der Waals surface area contributed by atoms with Gasteiger partial charge in [0.25, 0.3) is 0 Å². The molecule has 0 amide bonds. The average Bonchev–Trinajstić information content (AvgIpc) is 2.74. The fraction of sp³-hybridized carbons (Fsp3) is 0.714. The van der Waals surface area contributed by atoms with Gasteiger partial charge in [-0.25, -0.2) is 9.78 Å². The van der Waals surface area contributed by atoms with E-state index in [0.29, 0.717) is 17.2 Å². The second-order valence-corrected chi connectivity index (χ2v) is 6.77. The number of carboxylic acid groups (broad SMARTS) is 1. The molecule has 1 rings (SSSR count). The van der Waals surface area contributed by atoms with Gasteiger partial charge in [0.05, 0.1) is 5.69 Å². The third-order valence-electron chi connectivity index (χ3n) is 3.12. The van der Waals surface area contributed by atoms with Crippen molar-refractivity contribution in [1.82, 2.24) is 4.98 Å². The Morgan fingerprint density at radius 2 is 1.89 bits per heavy atom. The Morgan fingerprint density at radius 1 is 1.32 bits per heavy atom. The zero-order valence-electron chi connectivity index (χ0n) is 12.5. The maximum Gasteiger partial charge on any atom is 0.347 e. The minimum absolute atomic E-state index is 0.288. The van der Waals surface area contributed by atoms with Crippen LogP contribution in [0.25, 0.3) is 0 Å². The number of hydrogen-bond acceptors (Lipinski definition) is 4. The number of hydrogen-bond donors (Lipinski definition) is 1. The number of aromatic nitrogens is 1. The van der Waals surface area contributed by atoms with Crippen molar-refractivity contribution in [2.24, 2.45) is 0 Å². The van der Waals surface area contributed by atoms with Gasteiger partial charge in [0.1, 0.15) is 15.5 Å². The predicted octanol–water partition coefficient (Wildman–Crippen LogP) is 3.80. The van der Waals surface area contributed by atoms with Gasteiger partial charge >= 0.3 is 5.97 Å². The van der Waals surface area contributed by atoms with Crippen molar-refractivity contribution in [3.8, 4) is 0 Å². The molecule has 1 aromatic rings. The van der Waals surface area contributed by atoms with Gasteiger partial charge in [-0.1, -0.05) is 27.7 Å². The maximum atomic E-state index is 11.4. The minimum atomic E-state index is -0.913. The van der Waals surface area contributed by atoms with E-state index >= 15 is 0 Å². The van der Waals surface area contributed by atoms with Crippen LogP contribution in [0.1, 0.15) is 68.3 Å². The number of ether oxygens (including phenoxy) is 1. The first-order valence-corrected chi connectivity index (χ1v) is 7.36. The lowest BCUT2D eigenvalue weighted by Crippen LogP contribution is -2.25. The lowest BCUT2D eigenvalue weighted by molar-refractivity contribution is -0.0326. The van der Waals surface area contributed by atoms with Gasteiger partial charge in [-0.2, -0.15) is 0 Å². The Hall–Kier alpha value is -0.940. The summed E-state index contributed by atoms with van der Waals surface area (Å²) in [4.78, 5) is 16.3. The molecule has 0 aliphatic carbocycles. The summed E-state index contributed by atoms with van der Waals surface area (Å²) in [6.07, 6.45) is 0.761. The van der Waals surface area contributed by atoms with E-state index in [-0.39, 0.29) is 5.41 Å². The molecule has 0 saturated carbocycles. The fourth-order valence-corrected chi connectivity index (χ4v) is 3.12. The molecule has 0 spiro atoms. The van der Waals surface area contributed by atoms with Crippen LogP contribution in [0.5, 0.6) is 0 Å². The molecular formula is C14H23NO3S. The summed E-state index contributed by atoms with van der Waals surface area (Å²) in [7, 11) is 0. The molecule has 0 aliphatic rings. The van der Waals surface area contributed by atoms with Gasteiger partial charge in [0.15, 0.2) is 0 Å². The van der Waals surface area contributed by atoms with Crippen molar-refractivity contribution >= 4 is 17.3 Å². The molecule has 0 bridgehead atoms. The standard InChI is InChI=1S/C14H23NO3S/c1-7-14(6,18-8-2)12-15-10(13(3,4)5)9(19-12)11(16)17/h7-8H2,1-6H3,(H,16,17). The molecule has 0 aromatic carbocycles. The molecule has 0 saturated heterocycles. The van der Waals surface area contributed by atoms with E-state index in [1.165, 1.54) is 11.3 Å². The van der Waals surface area contributed by atoms with Crippen LogP contribution in [0.4, 0.5) is 0 Å². The highest BCUT2D eigenvalue weighted by Gasteiger charge is 2.34. The summed E-state index contributed by atoms with van der Waals surface area (Å²) in [6, 6.07) is 0. The van der Waals surface area contributed by atoms with Crippen LogP contribution in [0.3, 0.4) is 0 Å². The number of rotatable bonds is 5. The van der Waals surface area contributed by atoms with Gasteiger partial charge in [-0.05, 0) is 20.3 Å². The van der Waals surface area contributed by atoms with E-state index in [2.05, 4.69) is 4.98 Å². The van der Waals surface area contributed by atoms with Crippen molar-refractivity contribution in [2.45, 2.75) is 59.0 Å².